The summed E-state index contributed by atoms with van der Waals surface area (Å²) < 4.78 is 27.1. The lowest BCUT2D eigenvalue weighted by molar-refractivity contribution is -0.112. The van der Waals surface area contributed by atoms with E-state index >= 15 is 0 Å². The number of rotatable bonds is 4. The molecule has 0 saturated carbocycles. The summed E-state index contributed by atoms with van der Waals surface area (Å²) in [6.45, 7) is 0. The Morgan fingerprint density at radius 1 is 1.11 bits per heavy atom. The molecular formula is C17H10ClN3O4S2. The van der Waals surface area contributed by atoms with Crippen LogP contribution in [0.2, 0.25) is 5.02 Å². The van der Waals surface area contributed by atoms with Crippen LogP contribution in [0.5, 0.6) is 5.88 Å². The average molecular weight is 420 g/mol. The van der Waals surface area contributed by atoms with Crippen molar-refractivity contribution >= 4 is 49.6 Å². The molecule has 1 aromatic heterocycles. The number of benzene rings is 2. The fraction of sp³-hybridized carbons (Fsp3) is 0. The summed E-state index contributed by atoms with van der Waals surface area (Å²) in [6, 6.07) is 12.5. The van der Waals surface area contributed by atoms with Crippen LogP contribution in [0.3, 0.4) is 0 Å². The Morgan fingerprint density at radius 3 is 2.59 bits per heavy atom. The van der Waals surface area contributed by atoms with Gasteiger partial charge in [0.25, 0.3) is 15.9 Å². The topological polar surface area (TPSA) is 109 Å². The molecule has 7 nitrogen and oxygen atoms in total. The lowest BCUT2D eigenvalue weighted by atomic mass is 10.1. The largest absolute Gasteiger partial charge is 0.492 e. The molecule has 0 spiro atoms. The van der Waals surface area contributed by atoms with Crippen LogP contribution in [0.1, 0.15) is 4.88 Å². The van der Waals surface area contributed by atoms with E-state index in [1.54, 1.807) is 36.4 Å². The van der Waals surface area contributed by atoms with Crippen LogP contribution in [0.4, 0.5) is 5.13 Å². The number of amides is 1. The van der Waals surface area contributed by atoms with Crippen LogP contribution in [-0.2, 0) is 14.8 Å². The first-order valence-electron chi connectivity index (χ1n) is 7.56. The van der Waals surface area contributed by atoms with Crippen molar-refractivity contribution in [2.75, 3.05) is 4.72 Å². The van der Waals surface area contributed by atoms with Gasteiger partial charge in [0.2, 0.25) is 11.0 Å². The van der Waals surface area contributed by atoms with E-state index in [-0.39, 0.29) is 20.5 Å². The Labute approximate surface area is 162 Å². The Kier molecular flexibility index (Phi) is 4.22. The summed E-state index contributed by atoms with van der Waals surface area (Å²) in [5, 5.41) is 11.4. The number of anilines is 1. The van der Waals surface area contributed by atoms with E-state index in [9.17, 15) is 18.3 Å². The number of sulfonamides is 1. The maximum Gasteiger partial charge on any atom is 0.279 e. The monoisotopic (exact) mass is 419 g/mol. The highest BCUT2D eigenvalue weighted by molar-refractivity contribution is 7.93. The van der Waals surface area contributed by atoms with Gasteiger partial charge in [0.15, 0.2) is 0 Å². The zero-order chi connectivity index (χ0) is 19.2. The number of hydrogen-bond donors (Lipinski definition) is 2. The third kappa shape index (κ3) is 3.20. The predicted octanol–water partition coefficient (Wildman–Crippen LogP) is 1.66. The van der Waals surface area contributed by atoms with Gasteiger partial charge in [-0.05, 0) is 30.3 Å². The molecule has 4 rings (SSSR count). The Bertz CT molecular complexity index is 1300. The van der Waals surface area contributed by atoms with E-state index in [1.807, 2.05) is 0 Å². The van der Waals surface area contributed by atoms with Crippen molar-refractivity contribution in [1.82, 2.24) is 4.98 Å². The van der Waals surface area contributed by atoms with Gasteiger partial charge in [-0.25, -0.2) is 13.4 Å². The summed E-state index contributed by atoms with van der Waals surface area (Å²) in [5.74, 6) is -1.01. The molecule has 0 saturated heterocycles. The summed E-state index contributed by atoms with van der Waals surface area (Å²) in [4.78, 5) is 20.2. The molecule has 0 atom stereocenters. The molecule has 2 heterocycles. The van der Waals surface area contributed by atoms with Crippen LogP contribution < -0.4 is 15.3 Å². The smallest absolute Gasteiger partial charge is 0.279 e. The molecule has 3 aromatic rings. The fourth-order valence-electron chi connectivity index (χ4n) is 2.60. The van der Waals surface area contributed by atoms with Crippen LogP contribution in [0.15, 0.2) is 58.4 Å². The number of halogens is 1. The second kappa shape index (κ2) is 6.45. The number of hydrogen-bond acceptors (Lipinski definition) is 6. The van der Waals surface area contributed by atoms with Gasteiger partial charge in [-0.3, -0.25) is 9.52 Å². The van der Waals surface area contributed by atoms with Gasteiger partial charge >= 0.3 is 0 Å². The molecule has 1 aliphatic heterocycles. The highest BCUT2D eigenvalue weighted by Gasteiger charge is 2.26. The van der Waals surface area contributed by atoms with Crippen molar-refractivity contribution in [2.45, 2.75) is 4.90 Å². The normalized spacial score (nSPS) is 13.4. The van der Waals surface area contributed by atoms with E-state index < -0.39 is 21.8 Å². The number of carbonyl (C=O) groups excluding carboxylic acids is 1. The van der Waals surface area contributed by atoms with Crippen molar-refractivity contribution in [3.63, 3.8) is 0 Å². The molecule has 2 N–H and O–H groups in total. The van der Waals surface area contributed by atoms with Crippen LogP contribution in [0.25, 0.3) is 5.57 Å². The van der Waals surface area contributed by atoms with Gasteiger partial charge in [-0.2, -0.15) is 4.98 Å². The molecule has 0 fully saturated rings. The molecule has 10 heteroatoms. The number of carbonyl (C=O) groups is 1. The van der Waals surface area contributed by atoms with E-state index in [1.165, 1.54) is 12.1 Å². The first-order valence-corrected chi connectivity index (χ1v) is 10.2. The van der Waals surface area contributed by atoms with Crippen molar-refractivity contribution in [3.8, 4) is 5.88 Å². The molecule has 0 aliphatic carbocycles. The standard InChI is InChI=1S/C17H10ClN3O4S2/c18-9-6-7-12-11(8-9)13(15(22)19-12)14-16(23)20-17(26-14)21-27(24,25)10-4-2-1-3-5-10/h1-8,23H,(H,20,21). The second-order valence-corrected chi connectivity index (χ2v) is 8.66. The van der Waals surface area contributed by atoms with Crippen LogP contribution in [-0.4, -0.2) is 24.4 Å². The first kappa shape index (κ1) is 17.7. The number of thiazole rings is 1. The van der Waals surface area contributed by atoms with Crippen LogP contribution >= 0.6 is 22.9 Å². The Balaban J connectivity index is 1.79. The molecule has 136 valence electrons. The second-order valence-electron chi connectivity index (χ2n) is 5.54. The van der Waals surface area contributed by atoms with Crippen molar-refractivity contribution < 1.29 is 18.3 Å². The summed E-state index contributed by atoms with van der Waals surface area (Å²) in [7, 11) is -3.87. The van der Waals surface area contributed by atoms with Gasteiger partial charge < -0.3 is 5.11 Å². The third-order valence-corrected chi connectivity index (χ3v) is 6.47. The lowest BCUT2D eigenvalue weighted by Crippen LogP contribution is -2.22. The Hall–Kier alpha value is -2.75. The quantitative estimate of drug-likeness (QED) is 0.668. The summed E-state index contributed by atoms with van der Waals surface area (Å²) >= 11 is 6.83. The molecule has 2 aromatic carbocycles. The zero-order valence-corrected chi connectivity index (χ0v) is 15.8. The minimum absolute atomic E-state index is 0.0537. The van der Waals surface area contributed by atoms with Gasteiger partial charge in [-0.15, -0.1) is 0 Å². The van der Waals surface area contributed by atoms with Gasteiger partial charge in [0.1, 0.15) is 4.88 Å². The Morgan fingerprint density at radius 2 is 1.85 bits per heavy atom. The zero-order valence-electron chi connectivity index (χ0n) is 13.4. The minimum Gasteiger partial charge on any atom is -0.492 e. The van der Waals surface area contributed by atoms with E-state index in [0.717, 1.165) is 11.3 Å². The maximum atomic E-state index is 12.4. The first-order chi connectivity index (χ1) is 12.8. The van der Waals surface area contributed by atoms with Gasteiger partial charge in [0.05, 0.1) is 15.8 Å². The van der Waals surface area contributed by atoms with Crippen molar-refractivity contribution in [3.05, 3.63) is 69.0 Å². The third-order valence-electron chi connectivity index (χ3n) is 3.78. The summed E-state index contributed by atoms with van der Waals surface area (Å²) in [6.07, 6.45) is 0. The van der Waals surface area contributed by atoms with E-state index in [4.69, 9.17) is 11.6 Å². The van der Waals surface area contributed by atoms with Gasteiger partial charge in [-0.1, -0.05) is 41.1 Å². The molecule has 0 unspecified atom stereocenters. The maximum absolute atomic E-state index is 12.4. The average Bonchev–Trinajstić information content (AvgIpc) is 3.13. The highest BCUT2D eigenvalue weighted by Crippen LogP contribution is 2.35. The number of nitrogens with one attached hydrogen (secondary N) is 1. The predicted molar refractivity (Wildman–Crippen MR) is 101 cm³/mol. The molecule has 27 heavy (non-hydrogen) atoms. The van der Waals surface area contributed by atoms with Crippen LogP contribution in [0, 0.1) is 0 Å². The number of nitrogens with zero attached hydrogens (tertiary/aromatic N) is 2. The molecule has 0 bridgehead atoms. The summed E-state index contributed by atoms with van der Waals surface area (Å²) in [5.41, 5.74) is 0.132. The van der Waals surface area contributed by atoms with Gasteiger partial charge in [0, 0.05) is 10.2 Å². The fourth-order valence-corrected chi connectivity index (χ4v) is 4.94. The molecule has 1 aliphatic rings. The minimum atomic E-state index is -3.87. The van der Waals surface area contributed by atoms with Crippen molar-refractivity contribution in [2.24, 2.45) is 4.99 Å². The molecule has 1 amide bonds. The SMILES string of the molecule is O=C1N=c2ccc(Cl)cc2=C1c1sc(NS(=O)(=O)c2ccccc2)nc1O. The van der Waals surface area contributed by atoms with E-state index in [2.05, 4.69) is 14.7 Å². The van der Waals surface area contributed by atoms with Crippen molar-refractivity contribution in [1.29, 1.82) is 0 Å². The number of fused-ring (bicyclic) bond motifs is 1. The highest BCUT2D eigenvalue weighted by atomic mass is 35.5. The number of aromatic hydroxyl groups is 1. The number of aromatic nitrogens is 1. The molecule has 0 radical (unpaired) electrons. The van der Waals surface area contributed by atoms with E-state index in [0.29, 0.717) is 15.6 Å². The molecular weight excluding hydrogens is 410 g/mol. The lowest BCUT2D eigenvalue weighted by Gasteiger charge is -2.03.